The number of rotatable bonds is 3. The molecule has 0 radical (unpaired) electrons. The quantitative estimate of drug-likeness (QED) is 0.646. The van der Waals surface area contributed by atoms with Crippen molar-refractivity contribution in [1.82, 2.24) is 10.2 Å². The van der Waals surface area contributed by atoms with Gasteiger partial charge in [0.15, 0.2) is 5.96 Å². The summed E-state index contributed by atoms with van der Waals surface area (Å²) in [6.45, 7) is 2.45. The van der Waals surface area contributed by atoms with E-state index in [1.165, 1.54) is 0 Å². The fourth-order valence-corrected chi connectivity index (χ4v) is 2.94. The Bertz CT molecular complexity index is 567. The van der Waals surface area contributed by atoms with Gasteiger partial charge in [0.25, 0.3) is 0 Å². The third-order valence-electron chi connectivity index (χ3n) is 4.12. The Balaban J connectivity index is 1.58. The molecule has 1 saturated heterocycles. The summed E-state index contributed by atoms with van der Waals surface area (Å²) in [7, 11) is 0. The van der Waals surface area contributed by atoms with Gasteiger partial charge in [0.2, 0.25) is 5.91 Å². The Morgan fingerprint density at radius 1 is 1.36 bits per heavy atom. The van der Waals surface area contributed by atoms with Gasteiger partial charge in [-0.25, -0.2) is 4.99 Å². The molecule has 2 aliphatic heterocycles. The molecule has 0 bridgehead atoms. The van der Waals surface area contributed by atoms with Crippen LogP contribution in [0.15, 0.2) is 29.3 Å². The molecule has 2 heterocycles. The number of benzene rings is 1. The van der Waals surface area contributed by atoms with E-state index >= 15 is 0 Å². The summed E-state index contributed by atoms with van der Waals surface area (Å²) in [5.41, 5.74) is 7.02. The van der Waals surface area contributed by atoms with Crippen molar-refractivity contribution in [2.75, 3.05) is 26.2 Å². The molecule has 1 fully saturated rings. The molecule has 6 nitrogen and oxygen atoms in total. The molecule has 6 heteroatoms. The topological polar surface area (TPSA) is 80.0 Å². The minimum atomic E-state index is 0.0506. The highest BCUT2D eigenvalue weighted by molar-refractivity contribution is 5.84. The number of carbonyl (C=O) groups is 1. The van der Waals surface area contributed by atoms with Crippen molar-refractivity contribution in [3.8, 4) is 5.75 Å². The summed E-state index contributed by atoms with van der Waals surface area (Å²) < 4.78 is 5.62. The fourth-order valence-electron chi connectivity index (χ4n) is 2.94. The molecule has 1 unspecified atom stereocenters. The van der Waals surface area contributed by atoms with Gasteiger partial charge in [0, 0.05) is 25.1 Å². The zero-order valence-electron chi connectivity index (χ0n) is 12.6. The third kappa shape index (κ3) is 3.32. The Hall–Kier alpha value is -2.24. The van der Waals surface area contributed by atoms with Gasteiger partial charge in [-0.1, -0.05) is 18.2 Å². The van der Waals surface area contributed by atoms with Crippen LogP contribution in [-0.2, 0) is 4.79 Å². The van der Waals surface area contributed by atoms with E-state index in [4.69, 9.17) is 10.5 Å². The van der Waals surface area contributed by atoms with Crippen molar-refractivity contribution >= 4 is 11.9 Å². The molecular formula is C16H22N4O2. The first-order valence-corrected chi connectivity index (χ1v) is 7.80. The molecule has 3 rings (SSSR count). The molecule has 118 valence electrons. The fraction of sp³-hybridized carbons (Fsp3) is 0.500. The number of hydrogen-bond donors (Lipinski definition) is 2. The van der Waals surface area contributed by atoms with E-state index in [-0.39, 0.29) is 18.5 Å². The van der Waals surface area contributed by atoms with Gasteiger partial charge in [-0.2, -0.15) is 0 Å². The van der Waals surface area contributed by atoms with E-state index in [0.29, 0.717) is 12.6 Å². The zero-order valence-corrected chi connectivity index (χ0v) is 12.6. The van der Waals surface area contributed by atoms with Gasteiger partial charge in [-0.3, -0.25) is 4.79 Å². The second-order valence-electron chi connectivity index (χ2n) is 5.66. The molecule has 1 atom stereocenters. The Labute approximate surface area is 130 Å². The van der Waals surface area contributed by atoms with E-state index in [2.05, 4.69) is 10.3 Å². The highest BCUT2D eigenvalue weighted by atomic mass is 16.5. The van der Waals surface area contributed by atoms with Crippen LogP contribution in [0.4, 0.5) is 0 Å². The third-order valence-corrected chi connectivity index (χ3v) is 4.12. The minimum Gasteiger partial charge on any atom is -0.493 e. The lowest BCUT2D eigenvalue weighted by molar-refractivity contribution is -0.128. The number of likely N-dealkylation sites (tertiary alicyclic amines) is 1. The molecule has 2 aliphatic rings. The van der Waals surface area contributed by atoms with Crippen molar-refractivity contribution in [3.05, 3.63) is 29.8 Å². The smallest absolute Gasteiger partial charge is 0.244 e. The number of guanidine groups is 1. The van der Waals surface area contributed by atoms with E-state index in [1.807, 2.05) is 29.2 Å². The lowest BCUT2D eigenvalue weighted by atomic mass is 10.0. The van der Waals surface area contributed by atoms with Gasteiger partial charge in [0.1, 0.15) is 12.3 Å². The summed E-state index contributed by atoms with van der Waals surface area (Å²) in [4.78, 5) is 18.0. The lowest BCUT2D eigenvalue weighted by Gasteiger charge is -2.27. The molecule has 1 aromatic carbocycles. The van der Waals surface area contributed by atoms with Crippen molar-refractivity contribution < 1.29 is 9.53 Å². The second-order valence-corrected chi connectivity index (χ2v) is 5.66. The monoisotopic (exact) mass is 302 g/mol. The molecule has 0 saturated carbocycles. The maximum absolute atomic E-state index is 12.0. The first kappa shape index (κ1) is 14.7. The maximum atomic E-state index is 12.0. The SMILES string of the molecule is NC(=NCC(=O)N1CCCC1)NC1CCOc2ccccc21. The average molecular weight is 302 g/mol. The van der Waals surface area contributed by atoms with Crippen LogP contribution in [0.2, 0.25) is 0 Å². The first-order chi connectivity index (χ1) is 10.7. The Morgan fingerprint density at radius 2 is 2.14 bits per heavy atom. The van der Waals surface area contributed by atoms with E-state index < -0.39 is 0 Å². The average Bonchev–Trinajstić information content (AvgIpc) is 3.07. The minimum absolute atomic E-state index is 0.0506. The second kappa shape index (κ2) is 6.68. The van der Waals surface area contributed by atoms with Crippen LogP contribution in [0.3, 0.4) is 0 Å². The summed E-state index contributed by atoms with van der Waals surface area (Å²) in [6, 6.07) is 7.98. The van der Waals surface area contributed by atoms with Gasteiger partial charge < -0.3 is 20.7 Å². The van der Waals surface area contributed by atoms with Gasteiger partial charge in [-0.15, -0.1) is 0 Å². The molecule has 1 aromatic rings. The predicted octanol–water partition coefficient (Wildman–Crippen LogP) is 1.04. The number of amides is 1. The van der Waals surface area contributed by atoms with E-state index in [1.54, 1.807) is 0 Å². The zero-order chi connectivity index (χ0) is 15.4. The number of nitrogens with one attached hydrogen (secondary N) is 1. The Kier molecular flexibility index (Phi) is 4.46. The normalized spacial score (nSPS) is 21.2. The molecule has 1 amide bonds. The molecule has 0 aliphatic carbocycles. The van der Waals surface area contributed by atoms with Gasteiger partial charge in [0.05, 0.1) is 12.6 Å². The first-order valence-electron chi connectivity index (χ1n) is 7.80. The van der Waals surface area contributed by atoms with Crippen LogP contribution in [0.5, 0.6) is 5.75 Å². The molecule has 3 N–H and O–H groups in total. The summed E-state index contributed by atoms with van der Waals surface area (Å²) in [6.07, 6.45) is 3.00. The number of nitrogens with zero attached hydrogens (tertiary/aromatic N) is 2. The van der Waals surface area contributed by atoms with Crippen LogP contribution in [0, 0.1) is 0 Å². The van der Waals surface area contributed by atoms with Gasteiger partial charge >= 0.3 is 0 Å². The molecule has 0 aromatic heterocycles. The van der Waals surface area contributed by atoms with Crippen molar-refractivity contribution in [1.29, 1.82) is 0 Å². The van der Waals surface area contributed by atoms with Crippen molar-refractivity contribution in [3.63, 3.8) is 0 Å². The maximum Gasteiger partial charge on any atom is 0.244 e. The van der Waals surface area contributed by atoms with Crippen molar-refractivity contribution in [2.24, 2.45) is 10.7 Å². The van der Waals surface area contributed by atoms with Crippen LogP contribution in [0.25, 0.3) is 0 Å². The number of carbonyl (C=O) groups excluding carboxylic acids is 1. The Morgan fingerprint density at radius 3 is 2.95 bits per heavy atom. The van der Waals surface area contributed by atoms with Crippen LogP contribution >= 0.6 is 0 Å². The predicted molar refractivity (Wildman–Crippen MR) is 84.7 cm³/mol. The van der Waals surface area contributed by atoms with Crippen LogP contribution < -0.4 is 15.8 Å². The molecule has 0 spiro atoms. The highest BCUT2D eigenvalue weighted by Crippen LogP contribution is 2.31. The number of fused-ring (bicyclic) bond motifs is 1. The van der Waals surface area contributed by atoms with E-state index in [9.17, 15) is 4.79 Å². The van der Waals surface area contributed by atoms with Crippen molar-refractivity contribution in [2.45, 2.75) is 25.3 Å². The largest absolute Gasteiger partial charge is 0.493 e. The van der Waals surface area contributed by atoms with Crippen LogP contribution in [-0.4, -0.2) is 43.0 Å². The number of ether oxygens (including phenoxy) is 1. The summed E-state index contributed by atoms with van der Waals surface area (Å²) >= 11 is 0. The summed E-state index contributed by atoms with van der Waals surface area (Å²) in [5.74, 6) is 1.25. The highest BCUT2D eigenvalue weighted by Gasteiger charge is 2.21. The summed E-state index contributed by atoms with van der Waals surface area (Å²) in [5, 5.41) is 3.20. The number of nitrogens with two attached hydrogens (primary N) is 1. The van der Waals surface area contributed by atoms with E-state index in [0.717, 1.165) is 43.7 Å². The van der Waals surface area contributed by atoms with Crippen LogP contribution in [0.1, 0.15) is 30.9 Å². The number of hydrogen-bond acceptors (Lipinski definition) is 3. The molecular weight excluding hydrogens is 280 g/mol. The standard InChI is InChI=1S/C16H22N4O2/c17-16(18-11-15(21)20-8-3-4-9-20)19-13-7-10-22-14-6-2-1-5-12(13)14/h1-2,5-6,13H,3-4,7-11H2,(H3,17,18,19). The number of para-hydroxylation sites is 1. The van der Waals surface area contributed by atoms with Gasteiger partial charge in [-0.05, 0) is 18.9 Å². The number of aliphatic imine (C=N–C) groups is 1. The molecule has 22 heavy (non-hydrogen) atoms. The lowest BCUT2D eigenvalue weighted by Crippen LogP contribution is -2.38.